The number of para-hydroxylation sites is 1. The van der Waals surface area contributed by atoms with Gasteiger partial charge in [0.25, 0.3) is 5.91 Å². The summed E-state index contributed by atoms with van der Waals surface area (Å²) < 4.78 is 2.11. The van der Waals surface area contributed by atoms with Gasteiger partial charge in [-0.25, -0.2) is 4.79 Å². The molecule has 0 unspecified atom stereocenters. The highest BCUT2D eigenvalue weighted by atomic mass is 16.2. The van der Waals surface area contributed by atoms with Crippen LogP contribution in [0.5, 0.6) is 0 Å². The maximum Gasteiger partial charge on any atom is 0.322 e. The molecule has 0 spiro atoms. The first-order valence-electron chi connectivity index (χ1n) is 7.94. The summed E-state index contributed by atoms with van der Waals surface area (Å²) in [6.45, 7) is 1.29. The number of likely N-dealkylation sites (N-methyl/N-ethyl adjacent to an activating group) is 1. The summed E-state index contributed by atoms with van der Waals surface area (Å²) in [5.74, 6) is -0.408. The number of amides is 4. The molecule has 0 saturated carbocycles. The number of carbonyl (C=O) groups is 3. The van der Waals surface area contributed by atoms with Crippen molar-refractivity contribution in [2.24, 2.45) is 0 Å². The number of urea groups is 1. The fourth-order valence-corrected chi connectivity index (χ4v) is 2.84. The van der Waals surface area contributed by atoms with Crippen molar-refractivity contribution in [2.75, 3.05) is 13.6 Å². The van der Waals surface area contributed by atoms with Crippen molar-refractivity contribution in [1.29, 1.82) is 0 Å². The number of aromatic nitrogens is 1. The standard InChI is InChI=1S/C17H20N4O3/c1-20(15(22)7-6-13-16(23)19-17(24)18-13)10-11-21-9-8-12-4-2-3-5-14(12)21/h2-5,8-9,13H,6-7,10-11H2,1H3,(H2,18,19,23,24)/t13-/m1/s1. The summed E-state index contributed by atoms with van der Waals surface area (Å²) in [6, 6.07) is 9.06. The highest BCUT2D eigenvalue weighted by Crippen LogP contribution is 2.15. The average Bonchev–Trinajstić information content (AvgIpc) is 3.13. The van der Waals surface area contributed by atoms with Gasteiger partial charge in [0, 0.05) is 38.3 Å². The van der Waals surface area contributed by atoms with Gasteiger partial charge >= 0.3 is 6.03 Å². The molecule has 126 valence electrons. The van der Waals surface area contributed by atoms with Crippen LogP contribution in [0.1, 0.15) is 12.8 Å². The van der Waals surface area contributed by atoms with Gasteiger partial charge in [0.1, 0.15) is 6.04 Å². The van der Waals surface area contributed by atoms with E-state index in [-0.39, 0.29) is 18.2 Å². The molecule has 2 N–H and O–H groups in total. The predicted molar refractivity (Wildman–Crippen MR) is 89.3 cm³/mol. The zero-order valence-corrected chi connectivity index (χ0v) is 13.5. The van der Waals surface area contributed by atoms with E-state index in [2.05, 4.69) is 33.4 Å². The zero-order chi connectivity index (χ0) is 17.1. The lowest BCUT2D eigenvalue weighted by atomic mass is 10.1. The van der Waals surface area contributed by atoms with Crippen LogP contribution in [-0.4, -0.2) is 46.9 Å². The van der Waals surface area contributed by atoms with Gasteiger partial charge in [0.15, 0.2) is 0 Å². The second kappa shape index (κ2) is 6.74. The second-order valence-electron chi connectivity index (χ2n) is 5.94. The molecule has 0 bridgehead atoms. The van der Waals surface area contributed by atoms with Crippen LogP contribution in [0.15, 0.2) is 36.5 Å². The number of imide groups is 1. The Morgan fingerprint density at radius 2 is 2.04 bits per heavy atom. The largest absolute Gasteiger partial charge is 0.346 e. The molecule has 7 heteroatoms. The molecule has 1 aliphatic heterocycles. The fourth-order valence-electron chi connectivity index (χ4n) is 2.84. The van der Waals surface area contributed by atoms with Crippen LogP contribution in [0.2, 0.25) is 0 Å². The lowest BCUT2D eigenvalue weighted by Gasteiger charge is -2.18. The molecular formula is C17H20N4O3. The van der Waals surface area contributed by atoms with Gasteiger partial charge in [-0.3, -0.25) is 14.9 Å². The Balaban J connectivity index is 1.49. The number of benzene rings is 1. The maximum atomic E-state index is 12.2. The van der Waals surface area contributed by atoms with Gasteiger partial charge in [0.2, 0.25) is 5.91 Å². The molecule has 4 amide bonds. The van der Waals surface area contributed by atoms with Gasteiger partial charge < -0.3 is 14.8 Å². The molecule has 1 saturated heterocycles. The molecule has 1 atom stereocenters. The van der Waals surface area contributed by atoms with Gasteiger partial charge in [-0.2, -0.15) is 0 Å². The fraction of sp³-hybridized carbons (Fsp3) is 0.353. The Hall–Kier alpha value is -2.83. The Morgan fingerprint density at radius 1 is 1.25 bits per heavy atom. The maximum absolute atomic E-state index is 12.2. The van der Waals surface area contributed by atoms with Crippen LogP contribution >= 0.6 is 0 Å². The molecule has 0 radical (unpaired) electrons. The zero-order valence-electron chi connectivity index (χ0n) is 13.5. The van der Waals surface area contributed by atoms with E-state index < -0.39 is 12.1 Å². The van der Waals surface area contributed by atoms with Gasteiger partial charge in [0.05, 0.1) is 0 Å². The smallest absolute Gasteiger partial charge is 0.322 e. The van der Waals surface area contributed by atoms with Crippen LogP contribution in [0.25, 0.3) is 10.9 Å². The van der Waals surface area contributed by atoms with Crippen LogP contribution in [0.4, 0.5) is 4.79 Å². The molecule has 2 aromatic rings. The van der Waals surface area contributed by atoms with E-state index in [1.54, 1.807) is 11.9 Å². The Bertz CT molecular complexity index is 783. The van der Waals surface area contributed by atoms with Crippen LogP contribution in [-0.2, 0) is 16.1 Å². The topological polar surface area (TPSA) is 83.4 Å². The quantitative estimate of drug-likeness (QED) is 0.779. The molecule has 7 nitrogen and oxygen atoms in total. The third kappa shape index (κ3) is 3.40. The first-order valence-corrected chi connectivity index (χ1v) is 7.94. The van der Waals surface area contributed by atoms with E-state index in [9.17, 15) is 14.4 Å². The first-order chi connectivity index (χ1) is 11.5. The van der Waals surface area contributed by atoms with Gasteiger partial charge in [-0.05, 0) is 23.9 Å². The van der Waals surface area contributed by atoms with Crippen molar-refractivity contribution in [3.63, 3.8) is 0 Å². The summed E-state index contributed by atoms with van der Waals surface area (Å²) >= 11 is 0. The van der Waals surface area contributed by atoms with Crippen molar-refractivity contribution < 1.29 is 14.4 Å². The van der Waals surface area contributed by atoms with Crippen LogP contribution in [0, 0.1) is 0 Å². The van der Waals surface area contributed by atoms with Crippen molar-refractivity contribution in [3.8, 4) is 0 Å². The molecule has 1 aromatic carbocycles. The van der Waals surface area contributed by atoms with E-state index in [4.69, 9.17) is 0 Å². The molecular weight excluding hydrogens is 308 g/mol. The third-order valence-corrected chi connectivity index (χ3v) is 4.29. The number of nitrogens with zero attached hydrogens (tertiary/aromatic N) is 2. The Kier molecular flexibility index (Phi) is 4.50. The summed E-state index contributed by atoms with van der Waals surface area (Å²) in [6.07, 6.45) is 2.55. The van der Waals surface area contributed by atoms with Crippen molar-refractivity contribution in [1.82, 2.24) is 20.1 Å². The summed E-state index contributed by atoms with van der Waals surface area (Å²) in [7, 11) is 1.75. The molecule has 2 heterocycles. The van der Waals surface area contributed by atoms with E-state index >= 15 is 0 Å². The molecule has 1 aliphatic rings. The Labute approximate surface area is 139 Å². The summed E-state index contributed by atoms with van der Waals surface area (Å²) in [4.78, 5) is 36.3. The monoisotopic (exact) mass is 328 g/mol. The first kappa shape index (κ1) is 16.0. The van der Waals surface area contributed by atoms with E-state index in [1.807, 2.05) is 18.3 Å². The number of rotatable bonds is 6. The van der Waals surface area contributed by atoms with Gasteiger partial charge in [-0.1, -0.05) is 18.2 Å². The Morgan fingerprint density at radius 3 is 2.79 bits per heavy atom. The van der Waals surface area contributed by atoms with E-state index in [0.717, 1.165) is 5.52 Å². The molecule has 24 heavy (non-hydrogen) atoms. The minimum atomic E-state index is -0.608. The SMILES string of the molecule is CN(CCn1ccc2ccccc21)C(=O)CC[C@H]1NC(=O)NC1=O. The van der Waals surface area contributed by atoms with Crippen molar-refractivity contribution in [2.45, 2.75) is 25.4 Å². The van der Waals surface area contributed by atoms with Crippen molar-refractivity contribution >= 4 is 28.7 Å². The van der Waals surface area contributed by atoms with Crippen LogP contribution in [0.3, 0.4) is 0 Å². The average molecular weight is 328 g/mol. The minimum absolute atomic E-state index is 0.0413. The number of fused-ring (bicyclic) bond motifs is 1. The number of hydrogen-bond acceptors (Lipinski definition) is 3. The molecule has 1 fully saturated rings. The third-order valence-electron chi connectivity index (χ3n) is 4.29. The molecule has 3 rings (SSSR count). The molecule has 0 aliphatic carbocycles. The number of nitrogens with one attached hydrogen (secondary N) is 2. The number of carbonyl (C=O) groups excluding carboxylic acids is 3. The van der Waals surface area contributed by atoms with Crippen LogP contribution < -0.4 is 10.6 Å². The lowest BCUT2D eigenvalue weighted by molar-refractivity contribution is -0.130. The predicted octanol–water partition coefficient (Wildman–Crippen LogP) is 1.09. The lowest BCUT2D eigenvalue weighted by Crippen LogP contribution is -2.34. The van der Waals surface area contributed by atoms with E-state index in [1.165, 1.54) is 5.39 Å². The van der Waals surface area contributed by atoms with Gasteiger partial charge in [-0.15, -0.1) is 0 Å². The normalized spacial score (nSPS) is 17.0. The molecule has 1 aromatic heterocycles. The van der Waals surface area contributed by atoms with Crippen molar-refractivity contribution in [3.05, 3.63) is 36.5 Å². The van der Waals surface area contributed by atoms with E-state index in [0.29, 0.717) is 19.5 Å². The summed E-state index contributed by atoms with van der Waals surface area (Å²) in [5.41, 5.74) is 1.14. The highest BCUT2D eigenvalue weighted by Gasteiger charge is 2.29. The second-order valence-corrected chi connectivity index (χ2v) is 5.94. The highest BCUT2D eigenvalue weighted by molar-refractivity contribution is 6.04. The number of hydrogen-bond donors (Lipinski definition) is 2. The summed E-state index contributed by atoms with van der Waals surface area (Å²) in [5, 5.41) is 5.84. The minimum Gasteiger partial charge on any atom is -0.346 e.